The van der Waals surface area contributed by atoms with Gasteiger partial charge in [0.1, 0.15) is 18.3 Å². The lowest BCUT2D eigenvalue weighted by Crippen LogP contribution is -2.44. The molecule has 4 atom stereocenters. The van der Waals surface area contributed by atoms with Crippen molar-refractivity contribution >= 4 is 5.95 Å². The summed E-state index contributed by atoms with van der Waals surface area (Å²) in [5.74, 6) is -0.368. The Hall–Kier alpha value is -1.75. The van der Waals surface area contributed by atoms with E-state index in [9.17, 15) is 19.8 Å². The number of aromatic amines is 1. The van der Waals surface area contributed by atoms with Crippen LogP contribution >= 0.6 is 0 Å². The summed E-state index contributed by atoms with van der Waals surface area (Å²) in [4.78, 5) is 28.4. The lowest BCUT2D eigenvalue weighted by molar-refractivity contribution is -0.0570. The Morgan fingerprint density at radius 3 is 2.56 bits per heavy atom. The number of aliphatic hydroxyl groups excluding tert-OH is 3. The minimum atomic E-state index is -1.54. The lowest BCUT2D eigenvalue weighted by atomic mass is 10.1. The van der Waals surface area contributed by atoms with Gasteiger partial charge in [0.25, 0.3) is 0 Å². The Morgan fingerprint density at radius 2 is 2.06 bits per heavy atom. The van der Waals surface area contributed by atoms with Crippen LogP contribution in [0.1, 0.15) is 6.23 Å². The van der Waals surface area contributed by atoms with Gasteiger partial charge in [0, 0.05) is 0 Å². The first kappa shape index (κ1) is 12.7. The number of rotatable bonds is 2. The highest BCUT2D eigenvalue weighted by Gasteiger charge is 2.44. The van der Waals surface area contributed by atoms with Gasteiger partial charge in [-0.1, -0.05) is 0 Å². The van der Waals surface area contributed by atoms with Gasteiger partial charge in [-0.3, -0.25) is 4.98 Å². The second kappa shape index (κ2) is 4.49. The summed E-state index contributed by atoms with van der Waals surface area (Å²) >= 11 is 0. The Labute approximate surface area is 99.3 Å². The van der Waals surface area contributed by atoms with Crippen LogP contribution in [0.2, 0.25) is 0 Å². The van der Waals surface area contributed by atoms with Crippen molar-refractivity contribution < 1.29 is 20.1 Å². The third kappa shape index (κ3) is 1.90. The molecule has 1 aromatic heterocycles. The highest BCUT2D eigenvalue weighted by Crippen LogP contribution is 2.26. The molecule has 0 aromatic carbocycles. The fourth-order valence-electron chi connectivity index (χ4n) is 1.76. The van der Waals surface area contributed by atoms with Gasteiger partial charge >= 0.3 is 11.4 Å². The van der Waals surface area contributed by atoms with E-state index in [-0.39, 0.29) is 5.95 Å². The van der Waals surface area contributed by atoms with Crippen molar-refractivity contribution in [3.8, 4) is 0 Å². The van der Waals surface area contributed by atoms with E-state index in [2.05, 4.69) is 9.97 Å². The van der Waals surface area contributed by atoms with Gasteiger partial charge in [0.2, 0.25) is 5.95 Å². The first-order valence-electron chi connectivity index (χ1n) is 5.06. The van der Waals surface area contributed by atoms with Gasteiger partial charge in [-0.25, -0.2) is 14.2 Å². The van der Waals surface area contributed by atoms with Crippen LogP contribution in [0, 0.1) is 0 Å². The molecule has 1 aliphatic heterocycles. The number of hydrogen-bond donors (Lipinski definition) is 5. The summed E-state index contributed by atoms with van der Waals surface area (Å²) in [6.45, 7) is -0.566. The number of H-pyrrole nitrogens is 1. The minimum Gasteiger partial charge on any atom is -0.394 e. The molecule has 1 aromatic rings. The summed E-state index contributed by atoms with van der Waals surface area (Å²) in [6.07, 6.45) is -5.47. The monoisotopic (exact) mass is 260 g/mol. The van der Waals surface area contributed by atoms with Gasteiger partial charge in [-0.15, -0.1) is 0 Å². The van der Waals surface area contributed by atoms with Crippen molar-refractivity contribution in [2.75, 3.05) is 12.3 Å². The molecule has 0 radical (unpaired) electrons. The molecule has 1 saturated heterocycles. The quantitative estimate of drug-likeness (QED) is 0.360. The summed E-state index contributed by atoms with van der Waals surface area (Å²) in [7, 11) is 0. The van der Waals surface area contributed by atoms with E-state index in [0.717, 1.165) is 0 Å². The molecule has 10 nitrogen and oxygen atoms in total. The van der Waals surface area contributed by atoms with Crippen LogP contribution in [0.5, 0.6) is 0 Å². The number of aliphatic hydroxyl groups is 3. The fraction of sp³-hybridized carbons (Fsp3) is 0.625. The van der Waals surface area contributed by atoms with Crippen LogP contribution in [-0.4, -0.2) is 54.8 Å². The van der Waals surface area contributed by atoms with Crippen LogP contribution in [0.4, 0.5) is 5.95 Å². The smallest absolute Gasteiger partial charge is 0.357 e. The SMILES string of the molecule is Nc1nc(=O)n([C@@H]2O[C@H](CO)C(O)C2O)c(=O)[nH]1. The Kier molecular flexibility index (Phi) is 3.17. The first-order valence-corrected chi connectivity index (χ1v) is 5.06. The molecule has 0 bridgehead atoms. The van der Waals surface area contributed by atoms with Gasteiger partial charge in [-0.05, 0) is 0 Å². The normalized spacial score (nSPS) is 31.7. The number of nitrogens with zero attached hydrogens (tertiary/aromatic N) is 2. The van der Waals surface area contributed by atoms with Crippen molar-refractivity contribution in [3.63, 3.8) is 0 Å². The number of nitrogens with one attached hydrogen (secondary N) is 1. The molecular formula is C8H12N4O6. The number of nitrogen functional groups attached to an aromatic ring is 1. The third-order valence-electron chi connectivity index (χ3n) is 2.65. The zero-order valence-corrected chi connectivity index (χ0v) is 9.05. The van der Waals surface area contributed by atoms with Crippen molar-refractivity contribution in [2.24, 2.45) is 0 Å². The van der Waals surface area contributed by atoms with Crippen molar-refractivity contribution in [1.29, 1.82) is 0 Å². The number of ether oxygens (including phenoxy) is 1. The van der Waals surface area contributed by atoms with E-state index in [1.165, 1.54) is 0 Å². The zero-order chi connectivity index (χ0) is 13.4. The largest absolute Gasteiger partial charge is 0.394 e. The number of aromatic nitrogens is 3. The fourth-order valence-corrected chi connectivity index (χ4v) is 1.76. The predicted octanol–water partition coefficient (Wildman–Crippen LogP) is -3.87. The van der Waals surface area contributed by atoms with E-state index in [1.54, 1.807) is 0 Å². The summed E-state index contributed by atoms with van der Waals surface area (Å²) < 4.78 is 5.52. The van der Waals surface area contributed by atoms with Crippen LogP contribution in [-0.2, 0) is 4.74 Å². The van der Waals surface area contributed by atoms with Crippen LogP contribution in [0.25, 0.3) is 0 Å². The molecule has 0 aliphatic carbocycles. The van der Waals surface area contributed by atoms with E-state index in [0.29, 0.717) is 4.57 Å². The molecular weight excluding hydrogens is 248 g/mol. The summed E-state index contributed by atoms with van der Waals surface area (Å²) in [5, 5.41) is 28.1. The van der Waals surface area contributed by atoms with Crippen molar-refractivity contribution in [3.05, 3.63) is 21.0 Å². The molecule has 6 N–H and O–H groups in total. The summed E-state index contributed by atoms with van der Waals surface area (Å²) in [6, 6.07) is 0. The van der Waals surface area contributed by atoms with Crippen LogP contribution < -0.4 is 17.1 Å². The molecule has 18 heavy (non-hydrogen) atoms. The van der Waals surface area contributed by atoms with E-state index >= 15 is 0 Å². The zero-order valence-electron chi connectivity index (χ0n) is 9.05. The van der Waals surface area contributed by atoms with Gasteiger partial charge in [0.15, 0.2) is 6.23 Å². The molecule has 2 unspecified atom stereocenters. The molecule has 2 heterocycles. The van der Waals surface area contributed by atoms with Crippen molar-refractivity contribution in [2.45, 2.75) is 24.5 Å². The minimum absolute atomic E-state index is 0.368. The Morgan fingerprint density at radius 1 is 1.39 bits per heavy atom. The van der Waals surface area contributed by atoms with E-state index in [1.807, 2.05) is 0 Å². The maximum atomic E-state index is 11.5. The second-order valence-electron chi connectivity index (χ2n) is 3.81. The molecule has 0 amide bonds. The maximum absolute atomic E-state index is 11.5. The van der Waals surface area contributed by atoms with Gasteiger partial charge in [0.05, 0.1) is 6.61 Å². The number of nitrogens with two attached hydrogens (primary N) is 1. The maximum Gasteiger partial charge on any atom is 0.357 e. The Balaban J connectivity index is 2.45. The van der Waals surface area contributed by atoms with Crippen LogP contribution in [0.3, 0.4) is 0 Å². The second-order valence-corrected chi connectivity index (χ2v) is 3.81. The molecule has 1 fully saturated rings. The van der Waals surface area contributed by atoms with Gasteiger partial charge < -0.3 is 25.8 Å². The molecule has 1 aliphatic rings. The molecule has 100 valence electrons. The van der Waals surface area contributed by atoms with Gasteiger partial charge in [-0.2, -0.15) is 4.98 Å². The van der Waals surface area contributed by atoms with E-state index in [4.69, 9.17) is 15.6 Å². The molecule has 10 heteroatoms. The standard InChI is InChI=1S/C8H12N4O6/c9-6-10-7(16)12(8(17)11-6)5-4(15)3(14)2(1-13)18-5/h2-5,13-15H,1H2,(H3,9,10,11,16,17)/t2-,3?,4?,5-/m1/s1. The highest BCUT2D eigenvalue weighted by molar-refractivity contribution is 5.10. The lowest BCUT2D eigenvalue weighted by Gasteiger charge is -2.15. The Bertz CT molecular complexity index is 522. The highest BCUT2D eigenvalue weighted by atomic mass is 16.6. The van der Waals surface area contributed by atoms with Crippen LogP contribution in [0.15, 0.2) is 9.59 Å². The van der Waals surface area contributed by atoms with E-state index < -0.39 is 42.5 Å². The molecule has 0 spiro atoms. The number of hydrogen-bond acceptors (Lipinski definition) is 8. The molecule has 2 rings (SSSR count). The topological polar surface area (TPSA) is 164 Å². The number of anilines is 1. The average Bonchev–Trinajstić information content (AvgIpc) is 2.56. The first-order chi connectivity index (χ1) is 8.45. The molecule has 0 saturated carbocycles. The average molecular weight is 260 g/mol. The third-order valence-corrected chi connectivity index (χ3v) is 2.65. The predicted molar refractivity (Wildman–Crippen MR) is 56.5 cm³/mol. The van der Waals surface area contributed by atoms with Crippen molar-refractivity contribution in [1.82, 2.24) is 14.5 Å². The summed E-state index contributed by atoms with van der Waals surface area (Å²) in [5.41, 5.74) is 3.22.